The van der Waals surface area contributed by atoms with Crippen molar-refractivity contribution in [3.05, 3.63) is 29.3 Å². The third-order valence-electron chi connectivity index (χ3n) is 5.88. The van der Waals surface area contributed by atoms with Crippen LogP contribution in [0.4, 0.5) is 0 Å². The lowest BCUT2D eigenvalue weighted by atomic mass is 9.84. The van der Waals surface area contributed by atoms with E-state index < -0.39 is 0 Å². The van der Waals surface area contributed by atoms with Gasteiger partial charge >= 0.3 is 5.97 Å². The van der Waals surface area contributed by atoms with Crippen molar-refractivity contribution >= 4 is 23.6 Å². The molecule has 1 aromatic carbocycles. The van der Waals surface area contributed by atoms with Gasteiger partial charge in [0.05, 0.1) is 5.75 Å². The molecule has 2 aliphatic rings. The predicted molar refractivity (Wildman–Crippen MR) is 104 cm³/mol. The summed E-state index contributed by atoms with van der Waals surface area (Å²) in [5.41, 5.74) is 2.31. The maximum atomic E-state index is 12.1. The van der Waals surface area contributed by atoms with E-state index in [4.69, 9.17) is 4.74 Å². The molecule has 2 saturated carbocycles. The average Bonchev–Trinajstić information content (AvgIpc) is 3.24. The fourth-order valence-corrected chi connectivity index (χ4v) is 5.42. The molecule has 0 unspecified atom stereocenters. The Hall–Kier alpha value is -1.49. The minimum absolute atomic E-state index is 0.167. The fourth-order valence-electron chi connectivity index (χ4n) is 4.50. The molecule has 4 atom stereocenters. The van der Waals surface area contributed by atoms with E-state index in [9.17, 15) is 9.59 Å². The van der Waals surface area contributed by atoms with Crippen molar-refractivity contribution in [1.29, 1.82) is 0 Å². The number of fused-ring (bicyclic) bond motifs is 2. The van der Waals surface area contributed by atoms with Crippen molar-refractivity contribution in [3.63, 3.8) is 0 Å². The lowest BCUT2D eigenvalue weighted by molar-refractivity contribution is -0.146. The van der Waals surface area contributed by atoms with Crippen LogP contribution in [0.25, 0.3) is 0 Å². The number of nitrogens with one attached hydrogen (secondary N) is 1. The number of esters is 1. The van der Waals surface area contributed by atoms with Gasteiger partial charge in [-0.2, -0.15) is 0 Å². The number of carbonyl (C=O) groups is 2. The first-order chi connectivity index (χ1) is 12.4. The first-order valence-corrected chi connectivity index (χ1v) is 10.6. The number of ether oxygens (including phenoxy) is 1. The molecule has 1 N–H and O–H groups in total. The van der Waals surface area contributed by atoms with E-state index >= 15 is 0 Å². The highest BCUT2D eigenvalue weighted by atomic mass is 32.2. The van der Waals surface area contributed by atoms with Crippen molar-refractivity contribution in [2.75, 3.05) is 12.4 Å². The first kappa shape index (κ1) is 19.3. The summed E-state index contributed by atoms with van der Waals surface area (Å²) in [6.45, 7) is 5.96. The SMILES string of the molecule is Cc1ccc(C)c(SCC(=O)OCC(=O)N[C@H](C)[C@H]2C[C@H]3CC[C@H]2C3)c1. The van der Waals surface area contributed by atoms with Crippen LogP contribution in [0.5, 0.6) is 0 Å². The molecular weight excluding hydrogens is 346 g/mol. The number of benzene rings is 1. The van der Waals surface area contributed by atoms with E-state index in [1.165, 1.54) is 43.0 Å². The molecule has 0 spiro atoms. The molecule has 2 aliphatic carbocycles. The Labute approximate surface area is 160 Å². The molecule has 3 rings (SSSR count). The van der Waals surface area contributed by atoms with Gasteiger partial charge in [0.1, 0.15) is 0 Å². The van der Waals surface area contributed by atoms with E-state index in [-0.39, 0.29) is 30.3 Å². The van der Waals surface area contributed by atoms with E-state index in [0.29, 0.717) is 5.92 Å². The summed E-state index contributed by atoms with van der Waals surface area (Å²) in [6.07, 6.45) is 5.23. The first-order valence-electron chi connectivity index (χ1n) is 9.57. The van der Waals surface area contributed by atoms with Crippen molar-refractivity contribution < 1.29 is 14.3 Å². The molecule has 0 aliphatic heterocycles. The number of thioether (sulfide) groups is 1. The second-order valence-corrected chi connectivity index (χ2v) is 8.93. The zero-order valence-corrected chi connectivity index (χ0v) is 16.7. The van der Waals surface area contributed by atoms with Crippen molar-refractivity contribution in [1.82, 2.24) is 5.32 Å². The topological polar surface area (TPSA) is 55.4 Å². The van der Waals surface area contributed by atoms with Gasteiger partial charge in [-0.15, -0.1) is 11.8 Å². The van der Waals surface area contributed by atoms with Crippen LogP contribution >= 0.6 is 11.8 Å². The zero-order valence-electron chi connectivity index (χ0n) is 15.9. The van der Waals surface area contributed by atoms with Crippen LogP contribution < -0.4 is 5.32 Å². The third kappa shape index (κ3) is 4.81. The summed E-state index contributed by atoms with van der Waals surface area (Å²) >= 11 is 1.46. The van der Waals surface area contributed by atoms with Crippen LogP contribution in [0, 0.1) is 31.6 Å². The van der Waals surface area contributed by atoms with Crippen LogP contribution in [-0.2, 0) is 14.3 Å². The Bertz CT molecular complexity index is 675. The molecule has 5 heteroatoms. The van der Waals surface area contributed by atoms with Gasteiger partial charge in [-0.1, -0.05) is 24.1 Å². The number of rotatable bonds is 7. The molecule has 2 fully saturated rings. The Balaban J connectivity index is 1.37. The van der Waals surface area contributed by atoms with Gasteiger partial charge in [0.2, 0.25) is 0 Å². The number of amides is 1. The predicted octanol–water partition coefficient (Wildman–Crippen LogP) is 3.88. The Kier molecular flexibility index (Phi) is 6.28. The number of hydrogen-bond donors (Lipinski definition) is 1. The average molecular weight is 376 g/mol. The number of aryl methyl sites for hydroxylation is 2. The lowest BCUT2D eigenvalue weighted by Gasteiger charge is -2.28. The summed E-state index contributed by atoms with van der Waals surface area (Å²) < 4.78 is 5.15. The van der Waals surface area contributed by atoms with Crippen LogP contribution in [0.2, 0.25) is 0 Å². The van der Waals surface area contributed by atoms with Gasteiger partial charge in [-0.05, 0) is 69.4 Å². The molecule has 26 heavy (non-hydrogen) atoms. The normalized spacial score (nSPS) is 25.1. The molecule has 0 heterocycles. The van der Waals surface area contributed by atoms with Gasteiger partial charge in [0.15, 0.2) is 6.61 Å². The highest BCUT2D eigenvalue weighted by molar-refractivity contribution is 8.00. The van der Waals surface area contributed by atoms with Crippen LogP contribution in [-0.4, -0.2) is 30.3 Å². The molecule has 2 bridgehead atoms. The maximum Gasteiger partial charge on any atom is 0.316 e. The van der Waals surface area contributed by atoms with Gasteiger partial charge < -0.3 is 10.1 Å². The molecule has 0 aromatic heterocycles. The highest BCUT2D eigenvalue weighted by Crippen LogP contribution is 2.49. The second kappa shape index (κ2) is 8.47. The monoisotopic (exact) mass is 375 g/mol. The minimum Gasteiger partial charge on any atom is -0.455 e. The van der Waals surface area contributed by atoms with Crippen molar-refractivity contribution in [2.45, 2.75) is 57.4 Å². The van der Waals surface area contributed by atoms with E-state index in [1.807, 2.05) is 19.9 Å². The van der Waals surface area contributed by atoms with Crippen molar-refractivity contribution in [3.8, 4) is 0 Å². The molecule has 4 nitrogen and oxygen atoms in total. The quantitative estimate of drug-likeness (QED) is 0.580. The summed E-state index contributed by atoms with van der Waals surface area (Å²) in [7, 11) is 0. The third-order valence-corrected chi connectivity index (χ3v) is 7.01. The summed E-state index contributed by atoms with van der Waals surface area (Å²) in [5, 5.41) is 3.03. The van der Waals surface area contributed by atoms with Gasteiger partial charge in [-0.25, -0.2) is 0 Å². The zero-order chi connectivity index (χ0) is 18.7. The van der Waals surface area contributed by atoms with E-state index in [2.05, 4.69) is 24.4 Å². The minimum atomic E-state index is -0.348. The fraction of sp³-hybridized carbons (Fsp3) is 0.619. The molecule has 1 aromatic rings. The molecule has 0 saturated heterocycles. The summed E-state index contributed by atoms with van der Waals surface area (Å²) in [4.78, 5) is 25.1. The second-order valence-electron chi connectivity index (χ2n) is 7.91. The number of carbonyl (C=O) groups excluding carboxylic acids is 2. The van der Waals surface area contributed by atoms with Crippen LogP contribution in [0.3, 0.4) is 0 Å². The van der Waals surface area contributed by atoms with Crippen LogP contribution in [0.1, 0.15) is 43.7 Å². The summed E-state index contributed by atoms with van der Waals surface area (Å²) in [5.74, 6) is 1.91. The van der Waals surface area contributed by atoms with Gasteiger partial charge in [-0.3, -0.25) is 9.59 Å². The van der Waals surface area contributed by atoms with E-state index in [0.717, 1.165) is 22.3 Å². The Morgan fingerprint density at radius 1 is 1.27 bits per heavy atom. The highest BCUT2D eigenvalue weighted by Gasteiger charge is 2.42. The smallest absolute Gasteiger partial charge is 0.316 e. The molecule has 142 valence electrons. The Morgan fingerprint density at radius 2 is 2.08 bits per heavy atom. The lowest BCUT2D eigenvalue weighted by Crippen LogP contribution is -2.42. The molecule has 0 radical (unpaired) electrons. The van der Waals surface area contributed by atoms with E-state index in [1.54, 1.807) is 0 Å². The van der Waals surface area contributed by atoms with Crippen LogP contribution in [0.15, 0.2) is 23.1 Å². The molecular formula is C21H29NO3S. The standard InChI is InChI=1S/C21H29NO3S/c1-13-4-5-14(2)19(8-13)26-12-21(24)25-11-20(23)22-15(3)18-10-16-6-7-17(18)9-16/h4-5,8,15-18H,6-7,9-12H2,1-3H3,(H,22,23)/t15-,16+,17+,18-/m1/s1. The molecule has 1 amide bonds. The van der Waals surface area contributed by atoms with Gasteiger partial charge in [0, 0.05) is 10.9 Å². The number of hydrogen-bond acceptors (Lipinski definition) is 4. The van der Waals surface area contributed by atoms with Gasteiger partial charge in [0.25, 0.3) is 5.91 Å². The van der Waals surface area contributed by atoms with Crippen molar-refractivity contribution in [2.24, 2.45) is 17.8 Å². The summed E-state index contributed by atoms with van der Waals surface area (Å²) in [6, 6.07) is 6.34. The maximum absolute atomic E-state index is 12.1. The Morgan fingerprint density at radius 3 is 2.77 bits per heavy atom. The largest absolute Gasteiger partial charge is 0.455 e.